The first-order valence-corrected chi connectivity index (χ1v) is 5.47. The highest BCUT2D eigenvalue weighted by Gasteiger charge is 1.99. The molecular formula is C14H15NO. The van der Waals surface area contributed by atoms with Gasteiger partial charge in [0.15, 0.2) is 0 Å². The Balaban J connectivity index is 2.39. The van der Waals surface area contributed by atoms with Crippen LogP contribution in [0.15, 0.2) is 47.6 Å². The molecule has 0 bridgehead atoms. The summed E-state index contributed by atoms with van der Waals surface area (Å²) in [5, 5.41) is 6.51. The summed E-state index contributed by atoms with van der Waals surface area (Å²) in [7, 11) is 0. The van der Waals surface area contributed by atoms with E-state index < -0.39 is 0 Å². The number of rotatable bonds is 3. The Morgan fingerprint density at radius 1 is 1.12 bits per heavy atom. The van der Waals surface area contributed by atoms with Crippen LogP contribution in [0.1, 0.15) is 19.4 Å². The van der Waals surface area contributed by atoms with E-state index in [-0.39, 0.29) is 0 Å². The topological polar surface area (TPSA) is 21.6 Å². The van der Waals surface area contributed by atoms with Crippen LogP contribution in [0, 0.1) is 0 Å². The summed E-state index contributed by atoms with van der Waals surface area (Å²) in [5.74, 6) is 0. The standard InChI is InChI=1S/C14H15NO/c1-3-16-15-11(2)13-9-8-12-6-4-5-7-14(12)10-13/h4-10H,3H2,1-2H3/b15-11+. The average Bonchev–Trinajstić information content (AvgIpc) is 2.35. The number of hydrogen-bond acceptors (Lipinski definition) is 2. The summed E-state index contributed by atoms with van der Waals surface area (Å²) in [6, 6.07) is 14.6. The van der Waals surface area contributed by atoms with Crippen molar-refractivity contribution < 1.29 is 4.84 Å². The molecular weight excluding hydrogens is 198 g/mol. The normalized spacial score (nSPS) is 11.8. The van der Waals surface area contributed by atoms with Gasteiger partial charge in [0.1, 0.15) is 6.61 Å². The summed E-state index contributed by atoms with van der Waals surface area (Å²) < 4.78 is 0. The molecule has 0 saturated heterocycles. The number of oxime groups is 1. The largest absolute Gasteiger partial charge is 0.396 e. The Kier molecular flexibility index (Phi) is 3.20. The molecule has 0 atom stereocenters. The highest BCUT2D eigenvalue weighted by molar-refractivity contribution is 6.01. The van der Waals surface area contributed by atoms with Crippen LogP contribution in [0.3, 0.4) is 0 Å². The quantitative estimate of drug-likeness (QED) is 0.564. The van der Waals surface area contributed by atoms with Gasteiger partial charge in [-0.05, 0) is 36.2 Å². The molecule has 0 N–H and O–H groups in total. The molecule has 0 aliphatic rings. The van der Waals surface area contributed by atoms with Gasteiger partial charge < -0.3 is 4.84 Å². The molecule has 0 fully saturated rings. The van der Waals surface area contributed by atoms with Gasteiger partial charge in [-0.1, -0.05) is 41.6 Å². The molecule has 0 spiro atoms. The number of hydrogen-bond donors (Lipinski definition) is 0. The minimum Gasteiger partial charge on any atom is -0.396 e. The second kappa shape index (κ2) is 4.79. The molecule has 2 aromatic rings. The van der Waals surface area contributed by atoms with E-state index in [1.54, 1.807) is 0 Å². The van der Waals surface area contributed by atoms with E-state index in [9.17, 15) is 0 Å². The average molecular weight is 213 g/mol. The number of nitrogens with zero attached hydrogens (tertiary/aromatic N) is 1. The first-order chi connectivity index (χ1) is 7.81. The van der Waals surface area contributed by atoms with Gasteiger partial charge in [0.2, 0.25) is 0 Å². The van der Waals surface area contributed by atoms with Crippen molar-refractivity contribution in [1.29, 1.82) is 0 Å². The van der Waals surface area contributed by atoms with Crippen molar-refractivity contribution in [1.82, 2.24) is 0 Å². The second-order valence-electron chi connectivity index (χ2n) is 3.66. The monoisotopic (exact) mass is 213 g/mol. The molecule has 82 valence electrons. The fourth-order valence-corrected chi connectivity index (χ4v) is 1.63. The van der Waals surface area contributed by atoms with Crippen molar-refractivity contribution in [2.45, 2.75) is 13.8 Å². The molecule has 0 unspecified atom stereocenters. The third-order valence-corrected chi connectivity index (χ3v) is 2.50. The van der Waals surface area contributed by atoms with Crippen LogP contribution in [-0.4, -0.2) is 12.3 Å². The smallest absolute Gasteiger partial charge is 0.114 e. The van der Waals surface area contributed by atoms with Gasteiger partial charge in [0, 0.05) is 0 Å². The van der Waals surface area contributed by atoms with Gasteiger partial charge in [-0.15, -0.1) is 0 Å². The van der Waals surface area contributed by atoms with E-state index in [1.807, 2.05) is 26.0 Å². The third kappa shape index (κ3) is 2.22. The molecule has 0 radical (unpaired) electrons. The molecule has 0 aliphatic carbocycles. The molecule has 16 heavy (non-hydrogen) atoms. The first kappa shape index (κ1) is 10.7. The van der Waals surface area contributed by atoms with E-state index >= 15 is 0 Å². The predicted octanol–water partition coefficient (Wildman–Crippen LogP) is 3.60. The Hall–Kier alpha value is -1.83. The van der Waals surface area contributed by atoms with Crippen molar-refractivity contribution in [2.75, 3.05) is 6.61 Å². The SMILES string of the molecule is CCO/N=C(\C)c1ccc2ccccc2c1. The first-order valence-electron chi connectivity index (χ1n) is 5.47. The highest BCUT2D eigenvalue weighted by atomic mass is 16.6. The highest BCUT2D eigenvalue weighted by Crippen LogP contribution is 2.16. The lowest BCUT2D eigenvalue weighted by Crippen LogP contribution is -1.96. The van der Waals surface area contributed by atoms with Gasteiger partial charge in [-0.25, -0.2) is 0 Å². The van der Waals surface area contributed by atoms with E-state index in [1.165, 1.54) is 10.8 Å². The fraction of sp³-hybridized carbons (Fsp3) is 0.214. The molecule has 0 aliphatic heterocycles. The van der Waals surface area contributed by atoms with Gasteiger partial charge in [-0.2, -0.15) is 0 Å². The molecule has 2 rings (SSSR count). The Labute approximate surface area is 95.5 Å². The molecule has 2 heteroatoms. The van der Waals surface area contributed by atoms with Crippen LogP contribution in [0.5, 0.6) is 0 Å². The zero-order valence-electron chi connectivity index (χ0n) is 9.60. The summed E-state index contributed by atoms with van der Waals surface area (Å²) in [6.45, 7) is 4.49. The summed E-state index contributed by atoms with van der Waals surface area (Å²) in [4.78, 5) is 5.05. The summed E-state index contributed by atoms with van der Waals surface area (Å²) >= 11 is 0. The van der Waals surface area contributed by atoms with Gasteiger partial charge >= 0.3 is 0 Å². The maximum absolute atomic E-state index is 5.05. The molecule has 0 aromatic heterocycles. The maximum Gasteiger partial charge on any atom is 0.114 e. The number of fused-ring (bicyclic) bond motifs is 1. The van der Waals surface area contributed by atoms with E-state index in [4.69, 9.17) is 4.84 Å². The lowest BCUT2D eigenvalue weighted by Gasteiger charge is -2.03. The van der Waals surface area contributed by atoms with Crippen LogP contribution in [0.25, 0.3) is 10.8 Å². The van der Waals surface area contributed by atoms with Crippen molar-refractivity contribution in [3.05, 3.63) is 48.0 Å². The maximum atomic E-state index is 5.05. The van der Waals surface area contributed by atoms with Crippen molar-refractivity contribution in [2.24, 2.45) is 5.16 Å². The molecule has 2 aromatic carbocycles. The van der Waals surface area contributed by atoms with Crippen molar-refractivity contribution in [3.8, 4) is 0 Å². The zero-order valence-corrected chi connectivity index (χ0v) is 9.60. The Morgan fingerprint density at radius 2 is 1.88 bits per heavy atom. The molecule has 0 heterocycles. The van der Waals surface area contributed by atoms with E-state index in [0.717, 1.165) is 11.3 Å². The van der Waals surface area contributed by atoms with Gasteiger partial charge in [0.05, 0.1) is 5.71 Å². The molecule has 0 saturated carbocycles. The molecule has 0 amide bonds. The third-order valence-electron chi connectivity index (χ3n) is 2.50. The van der Waals surface area contributed by atoms with Crippen LogP contribution in [-0.2, 0) is 4.84 Å². The van der Waals surface area contributed by atoms with Crippen molar-refractivity contribution in [3.63, 3.8) is 0 Å². The fourth-order valence-electron chi connectivity index (χ4n) is 1.63. The Bertz CT molecular complexity index is 517. The van der Waals surface area contributed by atoms with E-state index in [0.29, 0.717) is 6.61 Å². The van der Waals surface area contributed by atoms with E-state index in [2.05, 4.69) is 35.5 Å². The minimum atomic E-state index is 0.602. The lowest BCUT2D eigenvalue weighted by atomic mass is 10.0. The molecule has 2 nitrogen and oxygen atoms in total. The van der Waals surface area contributed by atoms with Gasteiger partial charge in [-0.3, -0.25) is 0 Å². The second-order valence-corrected chi connectivity index (χ2v) is 3.66. The van der Waals surface area contributed by atoms with Crippen LogP contribution in [0.2, 0.25) is 0 Å². The van der Waals surface area contributed by atoms with Crippen LogP contribution < -0.4 is 0 Å². The van der Waals surface area contributed by atoms with Crippen LogP contribution >= 0.6 is 0 Å². The Morgan fingerprint density at radius 3 is 2.62 bits per heavy atom. The van der Waals surface area contributed by atoms with Gasteiger partial charge in [0.25, 0.3) is 0 Å². The number of benzene rings is 2. The van der Waals surface area contributed by atoms with Crippen molar-refractivity contribution >= 4 is 16.5 Å². The predicted molar refractivity (Wildman–Crippen MR) is 67.8 cm³/mol. The summed E-state index contributed by atoms with van der Waals surface area (Å²) in [6.07, 6.45) is 0. The minimum absolute atomic E-state index is 0.602. The lowest BCUT2D eigenvalue weighted by molar-refractivity contribution is 0.159. The zero-order chi connectivity index (χ0) is 11.4. The summed E-state index contributed by atoms with van der Waals surface area (Å²) in [5.41, 5.74) is 2.01. The van der Waals surface area contributed by atoms with Crippen LogP contribution in [0.4, 0.5) is 0 Å².